The zero-order chi connectivity index (χ0) is 28.2. The summed E-state index contributed by atoms with van der Waals surface area (Å²) in [6.45, 7) is 3.28. The van der Waals surface area contributed by atoms with Gasteiger partial charge in [-0.3, -0.25) is 9.10 Å². The Kier molecular flexibility index (Phi) is 8.44. The third-order valence-electron chi connectivity index (χ3n) is 6.52. The number of sulfonamides is 1. The number of hydrazone groups is 1. The fourth-order valence-corrected chi connectivity index (χ4v) is 6.11. The number of nitrogens with one attached hydrogen (secondary N) is 1. The van der Waals surface area contributed by atoms with Crippen molar-refractivity contribution in [3.8, 4) is 17.2 Å². The van der Waals surface area contributed by atoms with Crippen LogP contribution >= 0.6 is 0 Å². The molecular formula is C29H33N3O6S. The fourth-order valence-electron chi connectivity index (χ4n) is 4.69. The molecule has 0 saturated carbocycles. The highest BCUT2D eigenvalue weighted by Crippen LogP contribution is 2.33. The van der Waals surface area contributed by atoms with E-state index in [0.29, 0.717) is 17.9 Å². The summed E-state index contributed by atoms with van der Waals surface area (Å²) in [6.07, 6.45) is 2.48. The molecule has 0 spiro atoms. The van der Waals surface area contributed by atoms with E-state index < -0.39 is 22.5 Å². The molecule has 3 aromatic rings. The van der Waals surface area contributed by atoms with Crippen LogP contribution in [0.3, 0.4) is 0 Å². The number of hydrogen-bond donors (Lipinski definition) is 1. The number of carbonyl (C=O) groups excluding carboxylic acids is 1. The van der Waals surface area contributed by atoms with Crippen LogP contribution in [0, 0.1) is 13.8 Å². The molecule has 9 nitrogen and oxygen atoms in total. The summed E-state index contributed by atoms with van der Waals surface area (Å²) in [6, 6.07) is 15.5. The summed E-state index contributed by atoms with van der Waals surface area (Å²) < 4.78 is 44.8. The first-order chi connectivity index (χ1) is 18.7. The van der Waals surface area contributed by atoms with Crippen LogP contribution in [-0.4, -0.2) is 47.9 Å². The van der Waals surface area contributed by atoms with E-state index in [1.807, 2.05) is 38.1 Å². The Balaban J connectivity index is 1.66. The van der Waals surface area contributed by atoms with Gasteiger partial charge < -0.3 is 14.2 Å². The summed E-state index contributed by atoms with van der Waals surface area (Å²) in [7, 11) is 0.363. The van der Waals surface area contributed by atoms with Gasteiger partial charge in [0.2, 0.25) is 0 Å². The van der Waals surface area contributed by atoms with Gasteiger partial charge in [0.25, 0.3) is 15.9 Å². The standard InChI is InChI=1S/C29H33N3O6S/c1-19-13-20(2)15-22(14-19)32(39(34,35)24-10-12-27(37-4)28(17-24)38-5)18-29(33)31-30-26-8-6-7-21-16-23(36-3)9-11-25(21)26/h9-17H,6-8,18H2,1-5H3,(H,31,33). The van der Waals surface area contributed by atoms with Gasteiger partial charge in [-0.15, -0.1) is 0 Å². The molecule has 0 aromatic heterocycles. The number of benzene rings is 3. The molecule has 4 rings (SSSR count). The smallest absolute Gasteiger partial charge is 0.264 e. The third-order valence-corrected chi connectivity index (χ3v) is 8.29. The molecule has 0 heterocycles. The lowest BCUT2D eigenvalue weighted by molar-refractivity contribution is -0.119. The molecule has 1 N–H and O–H groups in total. The van der Waals surface area contributed by atoms with Gasteiger partial charge in [-0.05, 0) is 92.3 Å². The number of anilines is 1. The molecule has 206 valence electrons. The second-order valence-corrected chi connectivity index (χ2v) is 11.2. The molecule has 0 saturated heterocycles. The van der Waals surface area contributed by atoms with E-state index >= 15 is 0 Å². The van der Waals surface area contributed by atoms with Gasteiger partial charge in [-0.25, -0.2) is 13.8 Å². The van der Waals surface area contributed by atoms with E-state index in [-0.39, 0.29) is 10.6 Å². The lowest BCUT2D eigenvalue weighted by Gasteiger charge is -2.25. The van der Waals surface area contributed by atoms with Gasteiger partial charge in [0, 0.05) is 11.6 Å². The SMILES string of the molecule is COc1ccc2c(c1)CCCC2=NNC(=O)CN(c1cc(C)cc(C)c1)S(=O)(=O)c1ccc(OC)c(OC)c1. The van der Waals surface area contributed by atoms with E-state index in [0.717, 1.165) is 50.9 Å². The molecule has 0 bridgehead atoms. The number of methoxy groups -OCH3 is 3. The van der Waals surface area contributed by atoms with Crippen LogP contribution < -0.4 is 23.9 Å². The van der Waals surface area contributed by atoms with Crippen molar-refractivity contribution in [2.24, 2.45) is 5.10 Å². The van der Waals surface area contributed by atoms with Crippen LogP contribution in [0.15, 0.2) is 64.6 Å². The third kappa shape index (κ3) is 6.17. The number of rotatable bonds is 9. The maximum Gasteiger partial charge on any atom is 0.264 e. The lowest BCUT2D eigenvalue weighted by Crippen LogP contribution is -2.40. The highest BCUT2D eigenvalue weighted by Gasteiger charge is 2.29. The van der Waals surface area contributed by atoms with Crippen molar-refractivity contribution < 1.29 is 27.4 Å². The molecule has 0 radical (unpaired) electrons. The second-order valence-electron chi connectivity index (χ2n) is 9.34. The molecule has 0 fully saturated rings. The van der Waals surface area contributed by atoms with Gasteiger partial charge in [0.05, 0.1) is 37.6 Å². The quantitative estimate of drug-likeness (QED) is 0.396. The van der Waals surface area contributed by atoms with Gasteiger partial charge in [0.15, 0.2) is 11.5 Å². The Labute approximate surface area is 229 Å². The second kappa shape index (κ2) is 11.8. The van der Waals surface area contributed by atoms with Gasteiger partial charge in [-0.1, -0.05) is 6.07 Å². The Bertz CT molecular complexity index is 1500. The van der Waals surface area contributed by atoms with Gasteiger partial charge in [-0.2, -0.15) is 5.10 Å². The molecule has 1 amide bonds. The van der Waals surface area contributed by atoms with E-state index in [1.54, 1.807) is 19.2 Å². The van der Waals surface area contributed by atoms with Crippen LogP contribution in [0.5, 0.6) is 17.2 Å². The highest BCUT2D eigenvalue weighted by molar-refractivity contribution is 7.92. The molecule has 1 aliphatic rings. The minimum atomic E-state index is -4.17. The van der Waals surface area contributed by atoms with Crippen molar-refractivity contribution in [1.29, 1.82) is 0 Å². The molecule has 10 heteroatoms. The molecule has 0 unspecified atom stereocenters. The average molecular weight is 552 g/mol. The molecule has 3 aromatic carbocycles. The Hall–Kier alpha value is -4.05. The van der Waals surface area contributed by atoms with E-state index in [1.165, 1.54) is 32.4 Å². The number of aryl methyl sites for hydroxylation is 3. The summed E-state index contributed by atoms with van der Waals surface area (Å²) in [4.78, 5) is 13.1. The molecular weight excluding hydrogens is 518 g/mol. The Morgan fingerprint density at radius 3 is 2.28 bits per heavy atom. The van der Waals surface area contributed by atoms with Crippen molar-refractivity contribution in [1.82, 2.24) is 5.43 Å². The van der Waals surface area contributed by atoms with Crippen molar-refractivity contribution >= 4 is 27.3 Å². The highest BCUT2D eigenvalue weighted by atomic mass is 32.2. The normalized spacial score (nSPS) is 13.9. The largest absolute Gasteiger partial charge is 0.497 e. The van der Waals surface area contributed by atoms with Crippen molar-refractivity contribution in [2.45, 2.75) is 38.0 Å². The maximum atomic E-state index is 13.9. The maximum absolute atomic E-state index is 13.9. The first-order valence-electron chi connectivity index (χ1n) is 12.5. The number of hydrogen-bond acceptors (Lipinski definition) is 7. The number of ether oxygens (including phenoxy) is 3. The van der Waals surface area contributed by atoms with Crippen molar-refractivity contribution in [3.63, 3.8) is 0 Å². The topological polar surface area (TPSA) is 107 Å². The first kappa shape index (κ1) is 28.0. The summed E-state index contributed by atoms with van der Waals surface area (Å²) >= 11 is 0. The zero-order valence-electron chi connectivity index (χ0n) is 22.8. The van der Waals surface area contributed by atoms with Crippen LogP contribution in [-0.2, 0) is 21.2 Å². The molecule has 0 aliphatic heterocycles. The van der Waals surface area contributed by atoms with Crippen molar-refractivity contribution in [2.75, 3.05) is 32.2 Å². The minimum absolute atomic E-state index is 0.0337. The van der Waals surface area contributed by atoms with E-state index in [9.17, 15) is 13.2 Å². The van der Waals surface area contributed by atoms with Gasteiger partial charge >= 0.3 is 0 Å². The van der Waals surface area contributed by atoms with Crippen LogP contribution in [0.2, 0.25) is 0 Å². The Morgan fingerprint density at radius 2 is 1.62 bits per heavy atom. The predicted molar refractivity (Wildman–Crippen MR) is 151 cm³/mol. The predicted octanol–water partition coefficient (Wildman–Crippen LogP) is 4.38. The summed E-state index contributed by atoms with van der Waals surface area (Å²) in [5, 5.41) is 4.38. The van der Waals surface area contributed by atoms with E-state index in [2.05, 4.69) is 10.5 Å². The number of nitrogens with zero attached hydrogens (tertiary/aromatic N) is 2. The average Bonchev–Trinajstić information content (AvgIpc) is 2.93. The first-order valence-corrected chi connectivity index (χ1v) is 14.0. The van der Waals surface area contributed by atoms with Crippen LogP contribution in [0.25, 0.3) is 0 Å². The minimum Gasteiger partial charge on any atom is -0.497 e. The Morgan fingerprint density at radius 1 is 0.897 bits per heavy atom. The van der Waals surface area contributed by atoms with Crippen LogP contribution in [0.1, 0.15) is 35.1 Å². The number of amides is 1. The zero-order valence-corrected chi connectivity index (χ0v) is 23.6. The summed E-state index contributed by atoms with van der Waals surface area (Å²) in [5.74, 6) is 0.866. The lowest BCUT2D eigenvalue weighted by atomic mass is 9.90. The number of carbonyl (C=O) groups is 1. The van der Waals surface area contributed by atoms with Crippen molar-refractivity contribution in [3.05, 3.63) is 76.9 Å². The molecule has 1 aliphatic carbocycles. The van der Waals surface area contributed by atoms with Gasteiger partial charge in [0.1, 0.15) is 12.3 Å². The monoisotopic (exact) mass is 551 g/mol. The molecule has 39 heavy (non-hydrogen) atoms. The van der Waals surface area contributed by atoms with E-state index in [4.69, 9.17) is 14.2 Å². The fraction of sp³-hybridized carbons (Fsp3) is 0.310. The number of fused-ring (bicyclic) bond motifs is 1. The molecule has 0 atom stereocenters. The van der Waals surface area contributed by atoms with Crippen LogP contribution in [0.4, 0.5) is 5.69 Å². The summed E-state index contributed by atoms with van der Waals surface area (Å²) in [5.41, 5.74) is 7.49.